The predicted molar refractivity (Wildman–Crippen MR) is 85.2 cm³/mol. The molecular weight excluding hydrogens is 248 g/mol. The maximum absolute atomic E-state index is 4.52. The van der Waals surface area contributed by atoms with Crippen molar-refractivity contribution in [1.29, 1.82) is 0 Å². The minimum Gasteiger partial charge on any atom is -0.352 e. The summed E-state index contributed by atoms with van der Waals surface area (Å²) < 4.78 is 2.23. The topological polar surface area (TPSA) is 33.1 Å². The highest BCUT2D eigenvalue weighted by Gasteiger charge is 2.17. The minimum absolute atomic E-state index is 0.756. The van der Waals surface area contributed by atoms with Gasteiger partial charge in [-0.1, -0.05) is 12.5 Å². The van der Waals surface area contributed by atoms with Crippen LogP contribution in [0.3, 0.4) is 0 Å². The molecule has 1 unspecified atom stereocenters. The molecule has 0 saturated carbocycles. The number of aromatic nitrogens is 2. The van der Waals surface area contributed by atoms with Crippen molar-refractivity contribution < 1.29 is 0 Å². The molecular formula is C16H28N4. The van der Waals surface area contributed by atoms with Crippen LogP contribution in [0, 0.1) is 6.92 Å². The van der Waals surface area contributed by atoms with Crippen molar-refractivity contribution >= 4 is 5.95 Å². The summed E-state index contributed by atoms with van der Waals surface area (Å²) in [6, 6.07) is 0.756. The van der Waals surface area contributed by atoms with Gasteiger partial charge in [0.25, 0.3) is 0 Å². The van der Waals surface area contributed by atoms with Crippen molar-refractivity contribution in [3.8, 4) is 0 Å². The zero-order chi connectivity index (χ0) is 14.4. The van der Waals surface area contributed by atoms with Crippen LogP contribution in [-0.4, -0.2) is 40.1 Å². The Morgan fingerprint density at radius 1 is 1.45 bits per heavy atom. The lowest BCUT2D eigenvalue weighted by atomic mass is 10.0. The fourth-order valence-electron chi connectivity index (χ4n) is 2.96. The van der Waals surface area contributed by atoms with Gasteiger partial charge in [-0.15, -0.1) is 6.58 Å². The Bertz CT molecular complexity index is 424. The molecule has 1 N–H and O–H groups in total. The highest BCUT2D eigenvalue weighted by Crippen LogP contribution is 2.17. The van der Waals surface area contributed by atoms with Crippen LogP contribution >= 0.6 is 0 Å². The predicted octanol–water partition coefficient (Wildman–Crippen LogP) is 3.05. The summed E-state index contributed by atoms with van der Waals surface area (Å²) in [4.78, 5) is 7.15. The van der Waals surface area contributed by atoms with Crippen molar-refractivity contribution in [3.63, 3.8) is 0 Å². The van der Waals surface area contributed by atoms with Crippen LogP contribution in [0.15, 0.2) is 18.9 Å². The minimum atomic E-state index is 0.756. The van der Waals surface area contributed by atoms with Crippen LogP contribution in [-0.2, 0) is 6.54 Å². The van der Waals surface area contributed by atoms with E-state index in [2.05, 4.69) is 39.5 Å². The maximum Gasteiger partial charge on any atom is 0.203 e. The molecule has 1 fully saturated rings. The number of imidazole rings is 1. The van der Waals surface area contributed by atoms with Gasteiger partial charge in [0.2, 0.25) is 5.95 Å². The van der Waals surface area contributed by atoms with Crippen LogP contribution in [0.5, 0.6) is 0 Å². The van der Waals surface area contributed by atoms with Crippen molar-refractivity contribution in [3.05, 3.63) is 24.5 Å². The summed E-state index contributed by atoms with van der Waals surface area (Å²) in [6.07, 6.45) is 9.29. The summed E-state index contributed by atoms with van der Waals surface area (Å²) in [7, 11) is 0. The van der Waals surface area contributed by atoms with Gasteiger partial charge >= 0.3 is 0 Å². The molecule has 1 aliphatic rings. The molecule has 4 nitrogen and oxygen atoms in total. The van der Waals surface area contributed by atoms with E-state index in [9.17, 15) is 0 Å². The smallest absolute Gasteiger partial charge is 0.203 e. The molecule has 0 aromatic carbocycles. The van der Waals surface area contributed by atoms with E-state index in [1.807, 2.05) is 13.0 Å². The normalized spacial score (nSPS) is 20.0. The van der Waals surface area contributed by atoms with Crippen LogP contribution < -0.4 is 5.32 Å². The standard InChI is InChI=1S/C16H28N4/c1-4-9-17-16-18-14(2)13-20(16)12-7-11-19-10-6-5-8-15(19)3/h4,13,15H,1,5-12H2,2-3H3,(H,17,18). The van der Waals surface area contributed by atoms with E-state index in [1.54, 1.807) is 0 Å². The maximum atomic E-state index is 4.52. The van der Waals surface area contributed by atoms with Gasteiger partial charge in [-0.05, 0) is 39.7 Å². The summed E-state index contributed by atoms with van der Waals surface area (Å²) in [6.45, 7) is 12.4. The number of anilines is 1. The third kappa shape index (κ3) is 4.10. The molecule has 2 rings (SSSR count). The quantitative estimate of drug-likeness (QED) is 0.777. The van der Waals surface area contributed by atoms with E-state index < -0.39 is 0 Å². The number of hydrogen-bond donors (Lipinski definition) is 1. The molecule has 0 amide bonds. The highest BCUT2D eigenvalue weighted by molar-refractivity contribution is 5.29. The molecule has 1 aromatic heterocycles. The second-order valence-electron chi connectivity index (χ2n) is 5.80. The molecule has 112 valence electrons. The summed E-state index contributed by atoms with van der Waals surface area (Å²) in [5.74, 6) is 0.967. The van der Waals surface area contributed by atoms with Crippen LogP contribution in [0.1, 0.15) is 38.3 Å². The number of nitrogens with zero attached hydrogens (tertiary/aromatic N) is 3. The van der Waals surface area contributed by atoms with E-state index in [0.717, 1.165) is 30.8 Å². The zero-order valence-electron chi connectivity index (χ0n) is 12.9. The van der Waals surface area contributed by atoms with Gasteiger partial charge in [-0.3, -0.25) is 0 Å². The molecule has 1 saturated heterocycles. The Kier molecular flexibility index (Phi) is 5.65. The third-order valence-corrected chi connectivity index (χ3v) is 4.09. The number of nitrogens with one attached hydrogen (secondary N) is 1. The lowest BCUT2D eigenvalue weighted by Crippen LogP contribution is -2.38. The monoisotopic (exact) mass is 276 g/mol. The van der Waals surface area contributed by atoms with Gasteiger partial charge in [-0.25, -0.2) is 4.98 Å². The van der Waals surface area contributed by atoms with Crippen LogP contribution in [0.2, 0.25) is 0 Å². The summed E-state index contributed by atoms with van der Waals surface area (Å²) in [5, 5.41) is 3.30. The largest absolute Gasteiger partial charge is 0.352 e. The van der Waals surface area contributed by atoms with Gasteiger partial charge < -0.3 is 14.8 Å². The van der Waals surface area contributed by atoms with Crippen molar-refractivity contribution in [2.24, 2.45) is 0 Å². The Morgan fingerprint density at radius 3 is 3.05 bits per heavy atom. The Labute approximate surface area is 122 Å². The molecule has 20 heavy (non-hydrogen) atoms. The van der Waals surface area contributed by atoms with Gasteiger partial charge in [-0.2, -0.15) is 0 Å². The number of rotatable bonds is 7. The first-order valence-corrected chi connectivity index (χ1v) is 7.83. The number of likely N-dealkylation sites (tertiary alicyclic amines) is 1. The fraction of sp³-hybridized carbons (Fsp3) is 0.688. The lowest BCUT2D eigenvalue weighted by molar-refractivity contribution is 0.157. The molecule has 0 bridgehead atoms. The molecule has 0 spiro atoms. The van der Waals surface area contributed by atoms with E-state index in [-0.39, 0.29) is 0 Å². The molecule has 4 heteroatoms. The molecule has 1 aliphatic heterocycles. The SMILES string of the molecule is C=CCNc1nc(C)cn1CCCN1CCCCC1C. The zero-order valence-corrected chi connectivity index (χ0v) is 12.9. The van der Waals surface area contributed by atoms with E-state index in [0.29, 0.717) is 0 Å². The second kappa shape index (κ2) is 7.48. The Morgan fingerprint density at radius 2 is 2.30 bits per heavy atom. The van der Waals surface area contributed by atoms with Gasteiger partial charge in [0.05, 0.1) is 5.69 Å². The molecule has 1 atom stereocenters. The number of piperidine rings is 1. The highest BCUT2D eigenvalue weighted by atomic mass is 15.2. The summed E-state index contributed by atoms with van der Waals surface area (Å²) >= 11 is 0. The van der Waals surface area contributed by atoms with Crippen LogP contribution in [0.25, 0.3) is 0 Å². The van der Waals surface area contributed by atoms with Gasteiger partial charge in [0, 0.05) is 31.9 Å². The second-order valence-corrected chi connectivity index (χ2v) is 5.80. The van der Waals surface area contributed by atoms with Gasteiger partial charge in [0.1, 0.15) is 0 Å². The van der Waals surface area contributed by atoms with Crippen molar-refractivity contribution in [1.82, 2.24) is 14.5 Å². The first kappa shape index (κ1) is 15.1. The molecule has 2 heterocycles. The van der Waals surface area contributed by atoms with Gasteiger partial charge in [0.15, 0.2) is 0 Å². The summed E-state index contributed by atoms with van der Waals surface area (Å²) in [5.41, 5.74) is 1.07. The average Bonchev–Trinajstić information content (AvgIpc) is 2.79. The molecule has 1 aromatic rings. The third-order valence-electron chi connectivity index (χ3n) is 4.09. The first-order chi connectivity index (χ1) is 9.70. The number of aryl methyl sites for hydroxylation is 2. The lowest BCUT2D eigenvalue weighted by Gasteiger charge is -2.33. The Balaban J connectivity index is 1.82. The van der Waals surface area contributed by atoms with Crippen molar-refractivity contribution in [2.75, 3.05) is 25.0 Å². The first-order valence-electron chi connectivity index (χ1n) is 7.83. The average molecular weight is 276 g/mol. The Hall–Kier alpha value is -1.29. The fourth-order valence-corrected chi connectivity index (χ4v) is 2.96. The van der Waals surface area contributed by atoms with E-state index in [4.69, 9.17) is 0 Å². The van der Waals surface area contributed by atoms with E-state index >= 15 is 0 Å². The van der Waals surface area contributed by atoms with Crippen molar-refractivity contribution in [2.45, 2.75) is 52.1 Å². The van der Waals surface area contributed by atoms with E-state index in [1.165, 1.54) is 38.8 Å². The number of hydrogen-bond acceptors (Lipinski definition) is 3. The van der Waals surface area contributed by atoms with Crippen LogP contribution in [0.4, 0.5) is 5.95 Å². The molecule has 0 aliphatic carbocycles. The molecule has 0 radical (unpaired) electrons.